The first-order chi connectivity index (χ1) is 15.8. The molecule has 0 aliphatic rings. The van der Waals surface area contributed by atoms with E-state index in [9.17, 15) is 4.79 Å². The average molecular weight is 449 g/mol. The summed E-state index contributed by atoms with van der Waals surface area (Å²) in [5, 5.41) is 6.16. The number of methoxy groups -OCH3 is 1. The van der Waals surface area contributed by atoms with Crippen molar-refractivity contribution in [3.63, 3.8) is 0 Å². The van der Waals surface area contributed by atoms with Gasteiger partial charge in [-0.1, -0.05) is 96.5 Å². The van der Waals surface area contributed by atoms with Crippen LogP contribution in [0, 0.1) is 0 Å². The van der Waals surface area contributed by atoms with E-state index in [4.69, 9.17) is 9.47 Å². The van der Waals surface area contributed by atoms with E-state index >= 15 is 0 Å². The maximum absolute atomic E-state index is 12.0. The average Bonchev–Trinajstić information content (AvgIpc) is 2.81. The zero-order chi connectivity index (χ0) is 23.1. The molecular weight excluding hydrogens is 400 g/mol. The predicted molar refractivity (Wildman–Crippen MR) is 136 cm³/mol. The van der Waals surface area contributed by atoms with Crippen LogP contribution in [-0.4, -0.2) is 39.3 Å². The monoisotopic (exact) mass is 448 g/mol. The number of anilines is 1. The third-order valence-corrected chi connectivity index (χ3v) is 5.70. The second-order valence-electron chi connectivity index (χ2n) is 8.67. The lowest BCUT2D eigenvalue weighted by atomic mass is 10.0. The van der Waals surface area contributed by atoms with Crippen LogP contribution in [0.5, 0.6) is 5.75 Å². The molecule has 1 rings (SSSR count). The van der Waals surface area contributed by atoms with E-state index in [1.807, 2.05) is 24.3 Å². The number of ether oxygens (including phenoxy) is 2. The molecule has 0 heterocycles. The van der Waals surface area contributed by atoms with Crippen molar-refractivity contribution in [3.8, 4) is 5.75 Å². The minimum atomic E-state index is 0.0328. The standard InChI is InChI=1S/C27H48N2O3/c1-3-4-5-6-7-8-9-10-11-12-13-14-15-16-20-28-27(30)24-29-25-18-17-19-26(23-25)32-22-21-31-2/h17-19,23,29H,3-16,20-22,24H2,1-2H3,(H,28,30). The summed E-state index contributed by atoms with van der Waals surface area (Å²) in [6.45, 7) is 4.38. The molecule has 1 amide bonds. The molecule has 0 bridgehead atoms. The molecule has 1 aromatic rings. The van der Waals surface area contributed by atoms with Crippen LogP contribution in [0.15, 0.2) is 24.3 Å². The van der Waals surface area contributed by atoms with E-state index in [1.54, 1.807) is 7.11 Å². The molecule has 0 saturated carbocycles. The SMILES string of the molecule is CCCCCCCCCCCCCCCCNC(=O)CNc1cccc(OCCOC)c1. The summed E-state index contributed by atoms with van der Waals surface area (Å²) in [5.41, 5.74) is 0.881. The largest absolute Gasteiger partial charge is 0.491 e. The highest BCUT2D eigenvalue weighted by Gasteiger charge is 2.02. The lowest BCUT2D eigenvalue weighted by Gasteiger charge is -2.10. The summed E-state index contributed by atoms with van der Waals surface area (Å²) in [6.07, 6.45) is 18.9. The molecule has 0 unspecified atom stereocenters. The molecule has 0 spiro atoms. The molecule has 0 fully saturated rings. The molecule has 32 heavy (non-hydrogen) atoms. The first-order valence-corrected chi connectivity index (χ1v) is 13.0. The Balaban J connectivity index is 1.90. The maximum Gasteiger partial charge on any atom is 0.239 e. The second kappa shape index (κ2) is 21.1. The Hall–Kier alpha value is -1.75. The van der Waals surface area contributed by atoms with Gasteiger partial charge in [-0.2, -0.15) is 0 Å². The van der Waals surface area contributed by atoms with Gasteiger partial charge in [0, 0.05) is 25.4 Å². The predicted octanol–water partition coefficient (Wildman–Crippen LogP) is 6.72. The topological polar surface area (TPSA) is 59.6 Å². The van der Waals surface area contributed by atoms with Gasteiger partial charge >= 0.3 is 0 Å². The summed E-state index contributed by atoms with van der Waals surface area (Å²) < 4.78 is 10.6. The van der Waals surface area contributed by atoms with Gasteiger partial charge in [-0.15, -0.1) is 0 Å². The number of rotatable bonds is 22. The van der Waals surface area contributed by atoms with Crippen LogP contribution >= 0.6 is 0 Å². The summed E-state index contributed by atoms with van der Waals surface area (Å²) >= 11 is 0. The highest BCUT2D eigenvalue weighted by Crippen LogP contribution is 2.17. The van der Waals surface area contributed by atoms with E-state index in [2.05, 4.69) is 17.6 Å². The van der Waals surface area contributed by atoms with Gasteiger partial charge in [0.05, 0.1) is 13.2 Å². The highest BCUT2D eigenvalue weighted by atomic mass is 16.5. The van der Waals surface area contributed by atoms with Crippen LogP contribution in [0.4, 0.5) is 5.69 Å². The Morgan fingerprint density at radius 1 is 0.812 bits per heavy atom. The van der Waals surface area contributed by atoms with Crippen molar-refractivity contribution >= 4 is 11.6 Å². The van der Waals surface area contributed by atoms with Crippen molar-refractivity contribution in [2.45, 2.75) is 96.8 Å². The van der Waals surface area contributed by atoms with E-state index < -0.39 is 0 Å². The third kappa shape index (κ3) is 16.9. The molecule has 0 aliphatic heterocycles. The van der Waals surface area contributed by atoms with Crippen molar-refractivity contribution in [2.75, 3.05) is 38.7 Å². The maximum atomic E-state index is 12.0. The first-order valence-electron chi connectivity index (χ1n) is 13.0. The van der Waals surface area contributed by atoms with Crippen molar-refractivity contribution in [3.05, 3.63) is 24.3 Å². The molecule has 5 heteroatoms. The number of unbranched alkanes of at least 4 members (excludes halogenated alkanes) is 13. The lowest BCUT2D eigenvalue weighted by molar-refractivity contribution is -0.119. The summed E-state index contributed by atoms with van der Waals surface area (Å²) in [7, 11) is 1.65. The van der Waals surface area contributed by atoms with Crippen molar-refractivity contribution in [1.29, 1.82) is 0 Å². The van der Waals surface area contributed by atoms with Gasteiger partial charge in [-0.25, -0.2) is 0 Å². The summed E-state index contributed by atoms with van der Waals surface area (Å²) in [6, 6.07) is 7.65. The molecule has 2 N–H and O–H groups in total. The Bertz CT molecular complexity index is 566. The zero-order valence-electron chi connectivity index (χ0n) is 20.8. The molecule has 0 atom stereocenters. The smallest absolute Gasteiger partial charge is 0.239 e. The van der Waals surface area contributed by atoms with Crippen molar-refractivity contribution in [2.24, 2.45) is 0 Å². The molecule has 5 nitrogen and oxygen atoms in total. The van der Waals surface area contributed by atoms with Gasteiger partial charge in [-0.3, -0.25) is 4.79 Å². The first kappa shape index (κ1) is 28.3. The fraction of sp³-hybridized carbons (Fsp3) is 0.741. The number of amides is 1. The number of hydrogen-bond acceptors (Lipinski definition) is 4. The number of hydrogen-bond donors (Lipinski definition) is 2. The van der Waals surface area contributed by atoms with E-state index in [1.165, 1.54) is 83.5 Å². The molecule has 0 saturated heterocycles. The third-order valence-electron chi connectivity index (χ3n) is 5.70. The van der Waals surface area contributed by atoms with Gasteiger partial charge in [-0.05, 0) is 18.6 Å². The Morgan fingerprint density at radius 3 is 2.00 bits per heavy atom. The van der Waals surface area contributed by atoms with Gasteiger partial charge in [0.2, 0.25) is 5.91 Å². The summed E-state index contributed by atoms with van der Waals surface area (Å²) in [5.74, 6) is 0.806. The Morgan fingerprint density at radius 2 is 1.41 bits per heavy atom. The fourth-order valence-corrected chi connectivity index (χ4v) is 3.73. The van der Waals surface area contributed by atoms with E-state index in [0.29, 0.717) is 13.2 Å². The molecule has 1 aromatic carbocycles. The van der Waals surface area contributed by atoms with Crippen LogP contribution in [0.1, 0.15) is 96.8 Å². The van der Waals surface area contributed by atoms with Gasteiger partial charge in [0.25, 0.3) is 0 Å². The quantitative estimate of drug-likeness (QED) is 0.193. The fourth-order valence-electron chi connectivity index (χ4n) is 3.73. The van der Waals surface area contributed by atoms with Crippen molar-refractivity contribution < 1.29 is 14.3 Å². The van der Waals surface area contributed by atoms with E-state index in [-0.39, 0.29) is 12.5 Å². The van der Waals surface area contributed by atoms with Gasteiger partial charge < -0.3 is 20.1 Å². The van der Waals surface area contributed by atoms with Crippen LogP contribution in [0.25, 0.3) is 0 Å². The minimum Gasteiger partial charge on any atom is -0.491 e. The number of benzene rings is 1. The number of carbonyl (C=O) groups excluding carboxylic acids is 1. The molecule has 184 valence electrons. The molecule has 0 aliphatic carbocycles. The zero-order valence-corrected chi connectivity index (χ0v) is 20.8. The summed E-state index contributed by atoms with van der Waals surface area (Å²) in [4.78, 5) is 12.0. The second-order valence-corrected chi connectivity index (χ2v) is 8.67. The van der Waals surface area contributed by atoms with Gasteiger partial charge in [0.15, 0.2) is 0 Å². The minimum absolute atomic E-state index is 0.0328. The van der Waals surface area contributed by atoms with Gasteiger partial charge in [0.1, 0.15) is 12.4 Å². The van der Waals surface area contributed by atoms with Crippen LogP contribution < -0.4 is 15.4 Å². The Labute approximate surface area is 197 Å². The van der Waals surface area contributed by atoms with E-state index in [0.717, 1.165) is 24.4 Å². The molecular formula is C27H48N2O3. The van der Waals surface area contributed by atoms with Crippen LogP contribution in [0.3, 0.4) is 0 Å². The Kier molecular flexibility index (Phi) is 18.7. The van der Waals surface area contributed by atoms with Crippen molar-refractivity contribution in [1.82, 2.24) is 5.32 Å². The molecule has 0 aromatic heterocycles. The number of nitrogens with one attached hydrogen (secondary N) is 2. The lowest BCUT2D eigenvalue weighted by Crippen LogP contribution is -2.30. The number of carbonyl (C=O) groups is 1. The van der Waals surface area contributed by atoms with Crippen LogP contribution in [-0.2, 0) is 9.53 Å². The highest BCUT2D eigenvalue weighted by molar-refractivity contribution is 5.80. The normalized spacial score (nSPS) is 10.8. The molecule has 0 radical (unpaired) electrons. The van der Waals surface area contributed by atoms with Crippen LogP contribution in [0.2, 0.25) is 0 Å².